The molecule has 29 heavy (non-hydrogen) atoms. The topological polar surface area (TPSA) is 64.1 Å². The molecule has 1 aromatic rings. The van der Waals surface area contributed by atoms with Gasteiger partial charge in [-0.05, 0) is 56.6 Å². The van der Waals surface area contributed by atoms with Gasteiger partial charge in [-0.25, -0.2) is 0 Å². The SMILES string of the molecule is CCNC(=NCCCOC1CCCc2ccccc21)NCCCOC1CCOC1. The number of nitrogens with one attached hydrogen (secondary N) is 2. The molecule has 1 aliphatic heterocycles. The summed E-state index contributed by atoms with van der Waals surface area (Å²) in [5.41, 5.74) is 2.83. The molecule has 0 saturated carbocycles. The minimum Gasteiger partial charge on any atom is -0.379 e. The molecule has 2 aliphatic rings. The number of hydrogen-bond donors (Lipinski definition) is 2. The van der Waals surface area contributed by atoms with E-state index in [1.54, 1.807) is 0 Å². The van der Waals surface area contributed by atoms with E-state index in [0.29, 0.717) is 0 Å². The zero-order valence-corrected chi connectivity index (χ0v) is 17.8. The van der Waals surface area contributed by atoms with Crippen molar-refractivity contribution in [2.45, 2.75) is 57.7 Å². The van der Waals surface area contributed by atoms with Crippen molar-refractivity contribution in [1.29, 1.82) is 0 Å². The third kappa shape index (κ3) is 7.61. The van der Waals surface area contributed by atoms with Gasteiger partial charge >= 0.3 is 0 Å². The first-order valence-corrected chi connectivity index (χ1v) is 11.3. The summed E-state index contributed by atoms with van der Waals surface area (Å²) in [7, 11) is 0. The molecule has 0 radical (unpaired) electrons. The van der Waals surface area contributed by atoms with Gasteiger partial charge in [-0.2, -0.15) is 0 Å². The van der Waals surface area contributed by atoms with Gasteiger partial charge in [0.15, 0.2) is 5.96 Å². The lowest BCUT2D eigenvalue weighted by Gasteiger charge is -2.25. The predicted molar refractivity (Wildman–Crippen MR) is 116 cm³/mol. The molecule has 0 spiro atoms. The quantitative estimate of drug-likeness (QED) is 0.337. The molecule has 0 aromatic heterocycles. The molecular formula is C23H37N3O3. The lowest BCUT2D eigenvalue weighted by atomic mass is 9.89. The molecule has 1 saturated heterocycles. The summed E-state index contributed by atoms with van der Waals surface area (Å²) in [4.78, 5) is 4.67. The number of fused-ring (bicyclic) bond motifs is 1. The highest BCUT2D eigenvalue weighted by Gasteiger charge is 2.19. The van der Waals surface area contributed by atoms with Crippen LogP contribution >= 0.6 is 0 Å². The Kier molecular flexibility index (Phi) is 9.76. The van der Waals surface area contributed by atoms with Crippen LogP contribution in [-0.2, 0) is 20.6 Å². The van der Waals surface area contributed by atoms with Crippen molar-refractivity contribution in [2.75, 3.05) is 46.1 Å². The Morgan fingerprint density at radius 1 is 1.14 bits per heavy atom. The van der Waals surface area contributed by atoms with Gasteiger partial charge in [0.1, 0.15) is 0 Å². The van der Waals surface area contributed by atoms with Crippen LogP contribution < -0.4 is 10.6 Å². The number of benzene rings is 1. The Morgan fingerprint density at radius 2 is 2.03 bits per heavy atom. The van der Waals surface area contributed by atoms with Gasteiger partial charge in [0.25, 0.3) is 0 Å². The molecule has 2 N–H and O–H groups in total. The second kappa shape index (κ2) is 12.8. The lowest BCUT2D eigenvalue weighted by molar-refractivity contribution is 0.0402. The minimum absolute atomic E-state index is 0.251. The van der Waals surface area contributed by atoms with Crippen molar-refractivity contribution in [1.82, 2.24) is 10.6 Å². The second-order valence-electron chi connectivity index (χ2n) is 7.70. The van der Waals surface area contributed by atoms with Crippen LogP contribution in [0, 0.1) is 0 Å². The Labute approximate surface area is 175 Å². The van der Waals surface area contributed by atoms with Crippen molar-refractivity contribution < 1.29 is 14.2 Å². The van der Waals surface area contributed by atoms with Gasteiger partial charge in [0, 0.05) is 39.5 Å². The average Bonchev–Trinajstić information content (AvgIpc) is 3.27. The fourth-order valence-corrected chi connectivity index (χ4v) is 3.88. The van der Waals surface area contributed by atoms with Crippen molar-refractivity contribution in [3.8, 4) is 0 Å². The first kappa shape index (κ1) is 22.1. The number of aryl methyl sites for hydroxylation is 1. The summed E-state index contributed by atoms with van der Waals surface area (Å²) >= 11 is 0. The maximum Gasteiger partial charge on any atom is 0.191 e. The Bertz CT molecular complexity index is 617. The largest absolute Gasteiger partial charge is 0.379 e. The van der Waals surface area contributed by atoms with Crippen LogP contribution in [0.4, 0.5) is 0 Å². The van der Waals surface area contributed by atoms with Crippen LogP contribution in [0.15, 0.2) is 29.3 Å². The molecule has 0 amide bonds. The number of guanidine groups is 1. The van der Waals surface area contributed by atoms with Crippen LogP contribution in [0.2, 0.25) is 0 Å². The maximum atomic E-state index is 6.18. The van der Waals surface area contributed by atoms with E-state index in [4.69, 9.17) is 14.2 Å². The number of nitrogens with zero attached hydrogens (tertiary/aromatic N) is 1. The van der Waals surface area contributed by atoms with Gasteiger partial charge in [-0.1, -0.05) is 24.3 Å². The van der Waals surface area contributed by atoms with E-state index < -0.39 is 0 Å². The third-order valence-electron chi connectivity index (χ3n) is 5.41. The fraction of sp³-hybridized carbons (Fsp3) is 0.696. The molecule has 1 heterocycles. The summed E-state index contributed by atoms with van der Waals surface area (Å²) < 4.78 is 17.3. The number of aliphatic imine (C=N–C) groups is 1. The second-order valence-corrected chi connectivity index (χ2v) is 7.70. The van der Waals surface area contributed by atoms with Gasteiger partial charge in [0.05, 0.1) is 18.8 Å². The Morgan fingerprint density at radius 3 is 2.90 bits per heavy atom. The highest BCUT2D eigenvalue weighted by Crippen LogP contribution is 2.32. The standard InChI is InChI=1S/C23H37N3O3/c1-2-24-23(25-13-6-15-28-20-12-17-27-18-20)26-14-7-16-29-22-11-5-9-19-8-3-4-10-21(19)22/h3-4,8,10,20,22H,2,5-7,9,11-18H2,1H3,(H2,24,25,26). The van der Waals surface area contributed by atoms with Gasteiger partial charge in [0.2, 0.25) is 0 Å². The average molecular weight is 404 g/mol. The highest BCUT2D eigenvalue weighted by atomic mass is 16.5. The van der Waals surface area contributed by atoms with Crippen LogP contribution in [0.3, 0.4) is 0 Å². The van der Waals surface area contributed by atoms with E-state index in [9.17, 15) is 0 Å². The fourth-order valence-electron chi connectivity index (χ4n) is 3.88. The summed E-state index contributed by atoms with van der Waals surface area (Å²) in [6.07, 6.45) is 6.97. The van der Waals surface area contributed by atoms with E-state index in [1.807, 2.05) is 0 Å². The van der Waals surface area contributed by atoms with Crippen molar-refractivity contribution in [3.05, 3.63) is 35.4 Å². The minimum atomic E-state index is 0.251. The molecule has 2 atom stereocenters. The smallest absolute Gasteiger partial charge is 0.191 e. The van der Waals surface area contributed by atoms with Crippen LogP contribution in [0.25, 0.3) is 0 Å². The van der Waals surface area contributed by atoms with Gasteiger partial charge < -0.3 is 24.8 Å². The summed E-state index contributed by atoms with van der Waals surface area (Å²) in [6, 6.07) is 8.69. The molecule has 3 rings (SSSR count). The van der Waals surface area contributed by atoms with Gasteiger partial charge in [-0.15, -0.1) is 0 Å². The van der Waals surface area contributed by atoms with E-state index in [1.165, 1.54) is 24.0 Å². The highest BCUT2D eigenvalue weighted by molar-refractivity contribution is 5.79. The van der Waals surface area contributed by atoms with Crippen LogP contribution in [0.5, 0.6) is 0 Å². The molecule has 1 aliphatic carbocycles. The molecule has 6 nitrogen and oxygen atoms in total. The first-order chi connectivity index (χ1) is 14.4. The molecule has 0 bridgehead atoms. The molecular weight excluding hydrogens is 366 g/mol. The molecule has 1 fully saturated rings. The van der Waals surface area contributed by atoms with Crippen molar-refractivity contribution in [3.63, 3.8) is 0 Å². The van der Waals surface area contributed by atoms with E-state index in [0.717, 1.165) is 77.7 Å². The van der Waals surface area contributed by atoms with Crippen molar-refractivity contribution in [2.24, 2.45) is 4.99 Å². The van der Waals surface area contributed by atoms with E-state index >= 15 is 0 Å². The third-order valence-corrected chi connectivity index (χ3v) is 5.41. The summed E-state index contributed by atoms with van der Waals surface area (Å²) in [6.45, 7) is 7.65. The van der Waals surface area contributed by atoms with E-state index in [-0.39, 0.29) is 12.2 Å². The monoisotopic (exact) mass is 403 g/mol. The Hall–Kier alpha value is -1.63. The van der Waals surface area contributed by atoms with Crippen LogP contribution in [-0.4, -0.2) is 58.1 Å². The molecule has 162 valence electrons. The van der Waals surface area contributed by atoms with Crippen molar-refractivity contribution >= 4 is 5.96 Å². The zero-order chi connectivity index (χ0) is 20.2. The number of rotatable bonds is 11. The normalized spacial score (nSPS) is 21.8. The first-order valence-electron chi connectivity index (χ1n) is 11.3. The van der Waals surface area contributed by atoms with Gasteiger partial charge in [-0.3, -0.25) is 4.99 Å². The predicted octanol–water partition coefficient (Wildman–Crippen LogP) is 3.22. The van der Waals surface area contributed by atoms with Crippen LogP contribution in [0.1, 0.15) is 56.3 Å². The number of hydrogen-bond acceptors (Lipinski definition) is 4. The zero-order valence-electron chi connectivity index (χ0n) is 17.8. The lowest BCUT2D eigenvalue weighted by Crippen LogP contribution is -2.38. The molecule has 1 aromatic carbocycles. The maximum absolute atomic E-state index is 6.18. The van der Waals surface area contributed by atoms with E-state index in [2.05, 4.69) is 46.8 Å². The summed E-state index contributed by atoms with van der Waals surface area (Å²) in [5, 5.41) is 6.69. The Balaban J connectivity index is 1.30. The summed E-state index contributed by atoms with van der Waals surface area (Å²) in [5.74, 6) is 0.875. The number of ether oxygens (including phenoxy) is 3. The molecule has 2 unspecified atom stereocenters. The molecule has 6 heteroatoms.